The molecule has 1 unspecified atom stereocenters. The van der Waals surface area contributed by atoms with Crippen molar-refractivity contribution in [1.29, 1.82) is 0 Å². The SMILES string of the molecule is C=C/C=C\C(=C/C)C(C1=CC=CCC1)N1CCN(C/C=C/c2ccccc2)CC1. The lowest BCUT2D eigenvalue weighted by Crippen LogP contribution is -2.51. The lowest BCUT2D eigenvalue weighted by molar-refractivity contribution is 0.127. The maximum atomic E-state index is 3.85. The van der Waals surface area contributed by atoms with Crippen LogP contribution in [0.2, 0.25) is 0 Å². The Morgan fingerprint density at radius 3 is 2.59 bits per heavy atom. The monoisotopic (exact) mass is 386 g/mol. The molecule has 2 aliphatic rings. The van der Waals surface area contributed by atoms with Gasteiger partial charge in [-0.15, -0.1) is 0 Å². The number of nitrogens with zero attached hydrogens (tertiary/aromatic N) is 2. The highest BCUT2D eigenvalue weighted by atomic mass is 15.3. The molecule has 1 atom stereocenters. The van der Waals surface area contributed by atoms with Gasteiger partial charge < -0.3 is 0 Å². The van der Waals surface area contributed by atoms with Gasteiger partial charge in [-0.25, -0.2) is 0 Å². The molecule has 29 heavy (non-hydrogen) atoms. The molecule has 0 radical (unpaired) electrons. The van der Waals surface area contributed by atoms with Crippen LogP contribution in [0.25, 0.3) is 6.08 Å². The molecule has 0 spiro atoms. The third-order valence-corrected chi connectivity index (χ3v) is 5.72. The van der Waals surface area contributed by atoms with Crippen LogP contribution in [0.15, 0.2) is 96.7 Å². The van der Waals surface area contributed by atoms with Crippen LogP contribution in [0.1, 0.15) is 25.3 Å². The zero-order valence-electron chi connectivity index (χ0n) is 17.7. The first kappa shape index (κ1) is 21.3. The van der Waals surface area contributed by atoms with E-state index >= 15 is 0 Å². The molecule has 152 valence electrons. The zero-order chi connectivity index (χ0) is 20.3. The fourth-order valence-electron chi connectivity index (χ4n) is 4.14. The summed E-state index contributed by atoms with van der Waals surface area (Å²) >= 11 is 0. The molecule has 1 aliphatic heterocycles. The van der Waals surface area contributed by atoms with Crippen molar-refractivity contribution in [2.24, 2.45) is 0 Å². The first-order valence-corrected chi connectivity index (χ1v) is 10.8. The van der Waals surface area contributed by atoms with Crippen LogP contribution in [0.4, 0.5) is 0 Å². The molecular weight excluding hydrogens is 352 g/mol. The van der Waals surface area contributed by atoms with Crippen LogP contribution in [0.5, 0.6) is 0 Å². The van der Waals surface area contributed by atoms with Gasteiger partial charge in [0, 0.05) is 32.7 Å². The molecule has 0 saturated carbocycles. The summed E-state index contributed by atoms with van der Waals surface area (Å²) in [4.78, 5) is 5.21. The van der Waals surface area contributed by atoms with Crippen LogP contribution >= 0.6 is 0 Å². The number of hydrogen-bond acceptors (Lipinski definition) is 2. The lowest BCUT2D eigenvalue weighted by Gasteiger charge is -2.41. The Kier molecular flexibility index (Phi) is 8.48. The summed E-state index contributed by atoms with van der Waals surface area (Å²) < 4.78 is 0. The van der Waals surface area contributed by atoms with Gasteiger partial charge in [0.25, 0.3) is 0 Å². The molecule has 3 rings (SSSR count). The average molecular weight is 387 g/mol. The molecule has 0 N–H and O–H groups in total. The third-order valence-electron chi connectivity index (χ3n) is 5.72. The number of rotatable bonds is 8. The standard InChI is InChI=1S/C27H34N2/c1-3-5-16-25(4-2)27(26-17-10-7-11-18-26)29-22-20-28(21-23-29)19-12-15-24-13-8-6-9-14-24/h3-10,12-17,27H,1,11,18-23H2,2H3/b15-12+,16-5-,25-4+. The third kappa shape index (κ3) is 6.28. The molecule has 2 nitrogen and oxygen atoms in total. The molecule has 1 saturated heterocycles. The van der Waals surface area contributed by atoms with E-state index in [4.69, 9.17) is 0 Å². The summed E-state index contributed by atoms with van der Waals surface area (Å²) in [5.74, 6) is 0. The minimum atomic E-state index is 0.378. The lowest BCUT2D eigenvalue weighted by atomic mass is 9.90. The van der Waals surface area contributed by atoms with E-state index in [0.29, 0.717) is 6.04 Å². The normalized spacial score (nSPS) is 20.3. The summed E-state index contributed by atoms with van der Waals surface area (Å²) in [6.45, 7) is 11.4. The maximum Gasteiger partial charge on any atom is 0.0562 e. The van der Waals surface area contributed by atoms with Crippen molar-refractivity contribution in [3.63, 3.8) is 0 Å². The van der Waals surface area contributed by atoms with E-state index < -0.39 is 0 Å². The molecule has 1 heterocycles. The highest BCUT2D eigenvalue weighted by molar-refractivity contribution is 5.48. The van der Waals surface area contributed by atoms with E-state index in [1.807, 2.05) is 6.08 Å². The van der Waals surface area contributed by atoms with E-state index in [9.17, 15) is 0 Å². The van der Waals surface area contributed by atoms with Crippen molar-refractivity contribution in [2.75, 3.05) is 32.7 Å². The van der Waals surface area contributed by atoms with Gasteiger partial charge in [0.1, 0.15) is 0 Å². The van der Waals surface area contributed by atoms with Gasteiger partial charge in [0.2, 0.25) is 0 Å². The van der Waals surface area contributed by atoms with Gasteiger partial charge >= 0.3 is 0 Å². The Morgan fingerprint density at radius 2 is 1.93 bits per heavy atom. The van der Waals surface area contributed by atoms with Crippen LogP contribution < -0.4 is 0 Å². The first-order chi connectivity index (χ1) is 14.3. The summed E-state index contributed by atoms with van der Waals surface area (Å²) in [5, 5.41) is 0. The van der Waals surface area contributed by atoms with Gasteiger partial charge in [-0.3, -0.25) is 9.80 Å². The molecule has 1 aliphatic carbocycles. The largest absolute Gasteiger partial charge is 0.297 e. The van der Waals surface area contributed by atoms with Crippen molar-refractivity contribution < 1.29 is 0 Å². The van der Waals surface area contributed by atoms with Crippen molar-refractivity contribution in [3.8, 4) is 0 Å². The van der Waals surface area contributed by atoms with Crippen LogP contribution in [-0.2, 0) is 0 Å². The zero-order valence-corrected chi connectivity index (χ0v) is 17.7. The summed E-state index contributed by atoms with van der Waals surface area (Å²) in [5.41, 5.74) is 4.19. The van der Waals surface area contributed by atoms with E-state index in [-0.39, 0.29) is 0 Å². The van der Waals surface area contributed by atoms with Crippen LogP contribution in [0, 0.1) is 0 Å². The second kappa shape index (κ2) is 11.5. The second-order valence-electron chi connectivity index (χ2n) is 7.64. The predicted molar refractivity (Wildman–Crippen MR) is 127 cm³/mol. The van der Waals surface area contributed by atoms with E-state index in [2.05, 4.69) is 102 Å². The van der Waals surface area contributed by atoms with E-state index in [1.54, 1.807) is 0 Å². The fourth-order valence-corrected chi connectivity index (χ4v) is 4.14. The van der Waals surface area contributed by atoms with Gasteiger partial charge in [0.15, 0.2) is 0 Å². The minimum absolute atomic E-state index is 0.378. The Bertz CT molecular complexity index is 787. The molecule has 1 aromatic rings. The molecule has 1 aromatic carbocycles. The average Bonchev–Trinajstić information content (AvgIpc) is 2.79. The molecule has 2 heteroatoms. The van der Waals surface area contributed by atoms with E-state index in [1.165, 1.54) is 16.7 Å². The summed E-state index contributed by atoms with van der Waals surface area (Å²) in [7, 11) is 0. The van der Waals surface area contributed by atoms with E-state index in [0.717, 1.165) is 45.6 Å². The Morgan fingerprint density at radius 1 is 1.14 bits per heavy atom. The number of piperazine rings is 1. The Hall–Kier alpha value is -2.42. The second-order valence-corrected chi connectivity index (χ2v) is 7.64. The van der Waals surface area contributed by atoms with Gasteiger partial charge in [-0.1, -0.05) is 91.6 Å². The molecular formula is C27H34N2. The predicted octanol–water partition coefficient (Wildman–Crippen LogP) is 5.65. The van der Waals surface area contributed by atoms with Crippen molar-refractivity contribution in [3.05, 3.63) is 102 Å². The van der Waals surface area contributed by atoms with Gasteiger partial charge in [-0.05, 0) is 36.5 Å². The molecule has 0 aromatic heterocycles. The fraction of sp³-hybridized carbons (Fsp3) is 0.333. The van der Waals surface area contributed by atoms with Crippen LogP contribution in [0.3, 0.4) is 0 Å². The number of benzene rings is 1. The Labute approximate surface area is 176 Å². The molecule has 1 fully saturated rings. The maximum absolute atomic E-state index is 3.85. The van der Waals surface area contributed by atoms with Crippen molar-refractivity contribution in [1.82, 2.24) is 9.80 Å². The van der Waals surface area contributed by atoms with Crippen molar-refractivity contribution in [2.45, 2.75) is 25.8 Å². The quantitative estimate of drug-likeness (QED) is 0.533. The smallest absolute Gasteiger partial charge is 0.0562 e. The number of allylic oxidation sites excluding steroid dienone is 6. The highest BCUT2D eigenvalue weighted by Crippen LogP contribution is 2.27. The minimum Gasteiger partial charge on any atom is -0.297 e. The summed E-state index contributed by atoms with van der Waals surface area (Å²) in [6.07, 6.45) is 22.1. The van der Waals surface area contributed by atoms with Gasteiger partial charge in [-0.2, -0.15) is 0 Å². The van der Waals surface area contributed by atoms with Crippen molar-refractivity contribution >= 4 is 6.08 Å². The topological polar surface area (TPSA) is 6.48 Å². The van der Waals surface area contributed by atoms with Crippen LogP contribution in [-0.4, -0.2) is 48.6 Å². The molecule has 0 amide bonds. The first-order valence-electron chi connectivity index (χ1n) is 10.8. The molecule has 0 bridgehead atoms. The highest BCUT2D eigenvalue weighted by Gasteiger charge is 2.27. The Balaban J connectivity index is 1.62. The van der Waals surface area contributed by atoms with Gasteiger partial charge in [0.05, 0.1) is 6.04 Å². The summed E-state index contributed by atoms with van der Waals surface area (Å²) in [6, 6.07) is 10.9. The number of hydrogen-bond donors (Lipinski definition) is 0.